The van der Waals surface area contributed by atoms with E-state index < -0.39 is 30.0 Å². The molecule has 0 spiro atoms. The molecule has 3 aromatic rings. The molecule has 8 nitrogen and oxygen atoms in total. The van der Waals surface area contributed by atoms with Gasteiger partial charge in [0.1, 0.15) is 11.8 Å². The smallest absolute Gasteiger partial charge is 0.255 e. The number of phenolic OH excluding ortho intramolecular Hbond substituents is 1. The fourth-order valence-corrected chi connectivity index (χ4v) is 6.30. The van der Waals surface area contributed by atoms with E-state index in [2.05, 4.69) is 11.9 Å². The number of aliphatic hydroxyl groups is 1. The molecule has 1 aliphatic rings. The van der Waals surface area contributed by atoms with Gasteiger partial charge in [0.2, 0.25) is 0 Å². The van der Waals surface area contributed by atoms with Gasteiger partial charge in [0.05, 0.1) is 17.3 Å². The van der Waals surface area contributed by atoms with Crippen LogP contribution in [0.2, 0.25) is 0 Å². The van der Waals surface area contributed by atoms with Gasteiger partial charge >= 0.3 is 0 Å². The van der Waals surface area contributed by atoms with Crippen molar-refractivity contribution in [3.8, 4) is 5.75 Å². The van der Waals surface area contributed by atoms with Crippen molar-refractivity contribution in [3.63, 3.8) is 0 Å². The zero-order chi connectivity index (χ0) is 28.8. The molecule has 1 unspecified atom stereocenters. The average Bonchev–Trinajstić information content (AvgIpc) is 3.44. The summed E-state index contributed by atoms with van der Waals surface area (Å²) in [6.07, 6.45) is -0.0463. The van der Waals surface area contributed by atoms with E-state index in [0.717, 1.165) is 11.1 Å². The molecular formula is C30H33N3O5S2. The molecule has 1 aromatic heterocycles. The van der Waals surface area contributed by atoms with E-state index in [0.29, 0.717) is 12.1 Å². The molecule has 4 atom stereocenters. The highest BCUT2D eigenvalue weighted by Crippen LogP contribution is 2.28. The Balaban J connectivity index is 1.59. The van der Waals surface area contributed by atoms with Crippen molar-refractivity contribution in [1.29, 1.82) is 0 Å². The number of benzene rings is 2. The van der Waals surface area contributed by atoms with E-state index >= 15 is 0 Å². The van der Waals surface area contributed by atoms with Crippen LogP contribution in [0.1, 0.15) is 34.0 Å². The molecule has 10 heteroatoms. The Hall–Kier alpha value is -3.60. The lowest BCUT2D eigenvalue weighted by Gasteiger charge is -2.32. The van der Waals surface area contributed by atoms with E-state index in [1.165, 1.54) is 28.8 Å². The van der Waals surface area contributed by atoms with Crippen LogP contribution in [-0.4, -0.2) is 67.2 Å². The number of aliphatic hydroxyl groups excluding tert-OH is 1. The van der Waals surface area contributed by atoms with Gasteiger partial charge in [0.15, 0.2) is 6.10 Å². The highest BCUT2D eigenvalue weighted by atomic mass is 32.2. The second-order valence-corrected chi connectivity index (χ2v) is 11.7. The van der Waals surface area contributed by atoms with Crippen molar-refractivity contribution in [2.75, 3.05) is 5.88 Å². The van der Waals surface area contributed by atoms with Crippen LogP contribution in [0.15, 0.2) is 78.0 Å². The van der Waals surface area contributed by atoms with Gasteiger partial charge in [-0.25, -0.2) is 0 Å². The van der Waals surface area contributed by atoms with Crippen LogP contribution in [0.3, 0.4) is 0 Å². The van der Waals surface area contributed by atoms with Crippen molar-refractivity contribution in [1.82, 2.24) is 15.1 Å². The SMILES string of the molecule is C=C[C@H]1C(=O)N(Cc2ccsc2)C(C)SCN1C(=O)[C@@H](O)[C@H](Cc1ccccc1)NC(=O)c1cccc(O)c1C. The molecule has 2 heterocycles. The quantitative estimate of drug-likeness (QED) is 0.332. The first-order chi connectivity index (χ1) is 19.2. The Labute approximate surface area is 242 Å². The van der Waals surface area contributed by atoms with Crippen molar-refractivity contribution in [3.05, 3.63) is 100 Å². The molecule has 0 radical (unpaired) electrons. The lowest BCUT2D eigenvalue weighted by molar-refractivity contribution is -0.148. The number of rotatable bonds is 9. The first-order valence-corrected chi connectivity index (χ1v) is 14.9. The van der Waals surface area contributed by atoms with Gasteiger partial charge in [0, 0.05) is 17.7 Å². The number of carbonyl (C=O) groups excluding carboxylic acids is 3. The van der Waals surface area contributed by atoms with E-state index in [4.69, 9.17) is 0 Å². The Kier molecular flexibility index (Phi) is 9.67. The molecule has 210 valence electrons. The molecule has 40 heavy (non-hydrogen) atoms. The van der Waals surface area contributed by atoms with E-state index in [1.54, 1.807) is 35.3 Å². The van der Waals surface area contributed by atoms with Crippen LogP contribution in [0, 0.1) is 6.92 Å². The highest BCUT2D eigenvalue weighted by molar-refractivity contribution is 7.99. The normalized spacial score (nSPS) is 19.0. The molecule has 1 fully saturated rings. The molecule has 1 saturated heterocycles. The summed E-state index contributed by atoms with van der Waals surface area (Å²) >= 11 is 2.96. The lowest BCUT2D eigenvalue weighted by Crippen LogP contribution is -2.56. The van der Waals surface area contributed by atoms with Crippen molar-refractivity contribution < 1.29 is 24.6 Å². The lowest BCUT2D eigenvalue weighted by atomic mass is 9.98. The summed E-state index contributed by atoms with van der Waals surface area (Å²) in [6, 6.07) is 13.8. The van der Waals surface area contributed by atoms with Crippen LogP contribution in [0.4, 0.5) is 0 Å². The molecule has 3 N–H and O–H groups in total. The number of amides is 3. The summed E-state index contributed by atoms with van der Waals surface area (Å²) < 4.78 is 0. The molecule has 2 aromatic carbocycles. The number of nitrogens with zero attached hydrogens (tertiary/aromatic N) is 2. The number of thiophene rings is 1. The van der Waals surface area contributed by atoms with Gasteiger partial charge in [-0.1, -0.05) is 42.5 Å². The third-order valence-electron chi connectivity index (χ3n) is 7.00. The zero-order valence-electron chi connectivity index (χ0n) is 22.4. The Morgan fingerprint density at radius 3 is 2.58 bits per heavy atom. The minimum absolute atomic E-state index is 0.0288. The van der Waals surface area contributed by atoms with Crippen molar-refractivity contribution in [2.24, 2.45) is 0 Å². The average molecular weight is 580 g/mol. The summed E-state index contributed by atoms with van der Waals surface area (Å²) in [5.74, 6) is -1.35. The van der Waals surface area contributed by atoms with E-state index in [-0.39, 0.29) is 34.9 Å². The molecular weight excluding hydrogens is 546 g/mol. The van der Waals surface area contributed by atoms with E-state index in [1.807, 2.05) is 54.1 Å². The third kappa shape index (κ3) is 6.57. The Morgan fingerprint density at radius 2 is 1.90 bits per heavy atom. The van der Waals surface area contributed by atoms with Gasteiger partial charge < -0.3 is 25.3 Å². The van der Waals surface area contributed by atoms with Gasteiger partial charge in [-0.2, -0.15) is 11.3 Å². The first kappa shape index (κ1) is 29.4. The van der Waals surface area contributed by atoms with Gasteiger partial charge in [0.25, 0.3) is 17.7 Å². The summed E-state index contributed by atoms with van der Waals surface area (Å²) in [7, 11) is 0. The number of nitrogens with one attached hydrogen (secondary N) is 1. The minimum atomic E-state index is -1.64. The first-order valence-electron chi connectivity index (χ1n) is 12.9. The maximum absolute atomic E-state index is 13.8. The second kappa shape index (κ2) is 13.2. The van der Waals surface area contributed by atoms with Crippen LogP contribution < -0.4 is 5.32 Å². The van der Waals surface area contributed by atoms with Crippen LogP contribution in [0.25, 0.3) is 0 Å². The van der Waals surface area contributed by atoms with Crippen molar-refractivity contribution in [2.45, 2.75) is 50.4 Å². The van der Waals surface area contributed by atoms with Crippen LogP contribution in [-0.2, 0) is 22.6 Å². The Bertz CT molecular complexity index is 1350. The predicted molar refractivity (Wildman–Crippen MR) is 158 cm³/mol. The van der Waals surface area contributed by atoms with Gasteiger partial charge in [-0.15, -0.1) is 18.3 Å². The number of hydrogen-bond donors (Lipinski definition) is 3. The van der Waals surface area contributed by atoms with Gasteiger partial charge in [-0.3, -0.25) is 14.4 Å². The number of phenols is 1. The molecule has 0 aliphatic carbocycles. The fraction of sp³-hybridized carbons (Fsp3) is 0.300. The topological polar surface area (TPSA) is 110 Å². The molecule has 4 rings (SSSR count). The second-order valence-electron chi connectivity index (χ2n) is 9.65. The van der Waals surface area contributed by atoms with Crippen LogP contribution >= 0.6 is 23.1 Å². The summed E-state index contributed by atoms with van der Waals surface area (Å²) in [4.78, 5) is 43.7. The van der Waals surface area contributed by atoms with Crippen molar-refractivity contribution >= 4 is 40.8 Å². The zero-order valence-corrected chi connectivity index (χ0v) is 24.0. The molecule has 0 saturated carbocycles. The standard InChI is InChI=1S/C30H33N3O5S2/c1-4-25-29(37)32(16-22-13-14-39-17-22)20(3)40-18-33(25)30(38)27(35)24(15-21-9-6-5-7-10-21)31-28(36)23-11-8-12-26(34)19(23)2/h4-14,17,20,24-25,27,34-35H,1,15-16,18H2,2-3H3,(H,31,36)/t20?,24-,25-,27-/m0/s1. The van der Waals surface area contributed by atoms with E-state index in [9.17, 15) is 24.6 Å². The largest absolute Gasteiger partial charge is 0.508 e. The molecule has 3 amide bonds. The fourth-order valence-electron chi connectivity index (χ4n) is 4.62. The van der Waals surface area contributed by atoms with Gasteiger partial charge in [-0.05, 0) is 60.4 Å². The van der Waals surface area contributed by atoms with Crippen LogP contribution in [0.5, 0.6) is 5.75 Å². The maximum Gasteiger partial charge on any atom is 0.255 e. The maximum atomic E-state index is 13.8. The number of carbonyl (C=O) groups is 3. The monoisotopic (exact) mass is 579 g/mol. The predicted octanol–water partition coefficient (Wildman–Crippen LogP) is 3.93. The highest BCUT2D eigenvalue weighted by Gasteiger charge is 2.41. The summed E-state index contributed by atoms with van der Waals surface area (Å²) in [5.41, 5.74) is 2.44. The summed E-state index contributed by atoms with van der Waals surface area (Å²) in [6.45, 7) is 7.76. The molecule has 0 bridgehead atoms. The third-order valence-corrected chi connectivity index (χ3v) is 8.90. The molecule has 1 aliphatic heterocycles. The minimum Gasteiger partial charge on any atom is -0.508 e. The number of thioether (sulfide) groups is 1. The number of aromatic hydroxyl groups is 1. The summed E-state index contributed by atoms with van der Waals surface area (Å²) in [5, 5.41) is 28.0. The Morgan fingerprint density at radius 1 is 1.15 bits per heavy atom. The number of hydrogen-bond acceptors (Lipinski definition) is 7.